The first kappa shape index (κ1) is 20.1. The van der Waals surface area contributed by atoms with Crippen LogP contribution in [0.1, 0.15) is 28.6 Å². The quantitative estimate of drug-likeness (QED) is 0.695. The Hall–Kier alpha value is -3.19. The van der Waals surface area contributed by atoms with Crippen LogP contribution in [0, 0.1) is 19.7 Å². The Balaban J connectivity index is 1.60. The van der Waals surface area contributed by atoms with Crippen LogP contribution >= 0.6 is 0 Å². The molecule has 0 saturated carbocycles. The van der Waals surface area contributed by atoms with Gasteiger partial charge in [-0.25, -0.2) is 9.37 Å². The van der Waals surface area contributed by atoms with Crippen molar-refractivity contribution in [2.75, 3.05) is 20.2 Å². The van der Waals surface area contributed by atoms with E-state index in [4.69, 9.17) is 14.1 Å². The molecular formula is C23H24FN3O3. The lowest BCUT2D eigenvalue weighted by atomic mass is 10.0. The van der Waals surface area contributed by atoms with Crippen molar-refractivity contribution in [3.8, 4) is 17.2 Å². The number of benzene rings is 2. The largest absolute Gasteiger partial charge is 0.496 e. The Morgan fingerprint density at radius 1 is 1.23 bits per heavy atom. The number of hydrogen-bond acceptors (Lipinski definition) is 5. The van der Waals surface area contributed by atoms with Gasteiger partial charge in [-0.15, -0.1) is 0 Å². The van der Waals surface area contributed by atoms with Gasteiger partial charge in [-0.3, -0.25) is 9.69 Å². The average molecular weight is 409 g/mol. The number of ether oxygens (including phenoxy) is 1. The summed E-state index contributed by atoms with van der Waals surface area (Å²) in [4.78, 5) is 19.3. The highest BCUT2D eigenvalue weighted by atomic mass is 19.1. The van der Waals surface area contributed by atoms with E-state index < -0.39 is 6.04 Å². The summed E-state index contributed by atoms with van der Waals surface area (Å²) in [6, 6.07) is 11.3. The smallest absolute Gasteiger partial charge is 0.242 e. The maximum atomic E-state index is 13.3. The highest BCUT2D eigenvalue weighted by Crippen LogP contribution is 2.30. The number of halogens is 1. The fraction of sp³-hybridized carbons (Fsp3) is 0.304. The number of nitrogens with zero attached hydrogens (tertiary/aromatic N) is 2. The minimum Gasteiger partial charge on any atom is -0.496 e. The van der Waals surface area contributed by atoms with Crippen molar-refractivity contribution in [1.82, 2.24) is 15.2 Å². The van der Waals surface area contributed by atoms with Crippen LogP contribution in [0.5, 0.6) is 5.75 Å². The molecule has 156 valence electrons. The first-order valence-electron chi connectivity index (χ1n) is 9.85. The summed E-state index contributed by atoms with van der Waals surface area (Å²) in [5.74, 6) is 1.63. The molecule has 3 aromatic rings. The molecule has 6 nitrogen and oxygen atoms in total. The molecule has 4 rings (SSSR count). The standard InChI is InChI=1S/C23H24FN3O3/c1-14-12-17(6-9-20(14)29-3)23-26-19(15(2)30-23)13-27-11-10-25-22(28)21(27)16-4-7-18(24)8-5-16/h4-9,12,21H,10-11,13H2,1-3H3,(H,25,28)/t21-/m1/s1. The third-order valence-corrected chi connectivity index (χ3v) is 5.38. The van der Waals surface area contributed by atoms with E-state index in [1.807, 2.05) is 36.9 Å². The molecule has 1 aliphatic heterocycles. The normalized spacial score (nSPS) is 17.1. The minimum absolute atomic E-state index is 0.0972. The van der Waals surface area contributed by atoms with Gasteiger partial charge in [-0.1, -0.05) is 12.1 Å². The van der Waals surface area contributed by atoms with E-state index in [1.165, 1.54) is 12.1 Å². The second-order valence-corrected chi connectivity index (χ2v) is 7.42. The summed E-state index contributed by atoms with van der Waals surface area (Å²) in [6.07, 6.45) is 0. The van der Waals surface area contributed by atoms with Crippen LogP contribution in [-0.2, 0) is 11.3 Å². The highest BCUT2D eigenvalue weighted by Gasteiger charge is 2.32. The number of carbonyl (C=O) groups is 1. The lowest BCUT2D eigenvalue weighted by Gasteiger charge is -2.34. The maximum absolute atomic E-state index is 13.3. The lowest BCUT2D eigenvalue weighted by Crippen LogP contribution is -2.49. The number of amides is 1. The molecular weight excluding hydrogens is 385 g/mol. The van der Waals surface area contributed by atoms with Gasteiger partial charge in [0.2, 0.25) is 11.8 Å². The van der Waals surface area contributed by atoms with Gasteiger partial charge in [0.1, 0.15) is 23.4 Å². The number of aryl methyl sites for hydroxylation is 2. The van der Waals surface area contributed by atoms with E-state index in [9.17, 15) is 9.18 Å². The molecule has 30 heavy (non-hydrogen) atoms. The van der Waals surface area contributed by atoms with Crippen molar-refractivity contribution in [2.45, 2.75) is 26.4 Å². The Morgan fingerprint density at radius 3 is 2.70 bits per heavy atom. The number of piperazine rings is 1. The molecule has 0 aliphatic carbocycles. The molecule has 0 unspecified atom stereocenters. The van der Waals surface area contributed by atoms with E-state index >= 15 is 0 Å². The van der Waals surface area contributed by atoms with E-state index in [0.29, 0.717) is 31.3 Å². The third kappa shape index (κ3) is 3.93. The van der Waals surface area contributed by atoms with Gasteiger partial charge in [0.15, 0.2) is 0 Å². The fourth-order valence-electron chi connectivity index (χ4n) is 3.79. The molecule has 0 radical (unpaired) electrons. The van der Waals surface area contributed by atoms with E-state index in [0.717, 1.165) is 28.1 Å². The first-order chi connectivity index (χ1) is 14.5. The Labute approximate surface area is 174 Å². The topological polar surface area (TPSA) is 67.6 Å². The summed E-state index contributed by atoms with van der Waals surface area (Å²) >= 11 is 0. The molecule has 1 N–H and O–H groups in total. The van der Waals surface area contributed by atoms with E-state index in [1.54, 1.807) is 19.2 Å². The minimum atomic E-state index is -0.498. The Bertz CT molecular complexity index is 1060. The summed E-state index contributed by atoms with van der Waals surface area (Å²) in [5.41, 5.74) is 3.40. The Kier molecular flexibility index (Phi) is 5.55. The molecule has 2 heterocycles. The second kappa shape index (κ2) is 8.28. The van der Waals surface area contributed by atoms with Crippen molar-refractivity contribution in [1.29, 1.82) is 0 Å². The number of hydrogen-bond donors (Lipinski definition) is 1. The van der Waals surface area contributed by atoms with Gasteiger partial charge in [-0.05, 0) is 55.3 Å². The molecule has 1 amide bonds. The molecule has 1 aliphatic rings. The second-order valence-electron chi connectivity index (χ2n) is 7.42. The molecule has 0 spiro atoms. The summed E-state index contributed by atoms with van der Waals surface area (Å²) in [6.45, 7) is 5.52. The summed E-state index contributed by atoms with van der Waals surface area (Å²) in [5, 5.41) is 2.89. The van der Waals surface area contributed by atoms with Gasteiger partial charge >= 0.3 is 0 Å². The predicted octanol–water partition coefficient (Wildman–Crippen LogP) is 3.78. The Morgan fingerprint density at radius 2 is 2.00 bits per heavy atom. The number of nitrogens with one attached hydrogen (secondary N) is 1. The summed E-state index contributed by atoms with van der Waals surface area (Å²) < 4.78 is 24.6. The van der Waals surface area contributed by atoms with Gasteiger partial charge in [-0.2, -0.15) is 0 Å². The van der Waals surface area contributed by atoms with Gasteiger partial charge in [0.05, 0.1) is 12.8 Å². The number of aromatic nitrogens is 1. The van der Waals surface area contributed by atoms with Crippen LogP contribution in [0.3, 0.4) is 0 Å². The molecule has 1 fully saturated rings. The van der Waals surface area contributed by atoms with Crippen molar-refractivity contribution < 1.29 is 18.3 Å². The number of carbonyl (C=O) groups excluding carboxylic acids is 1. The maximum Gasteiger partial charge on any atom is 0.242 e. The van der Waals surface area contributed by atoms with Crippen molar-refractivity contribution >= 4 is 5.91 Å². The first-order valence-corrected chi connectivity index (χ1v) is 9.85. The predicted molar refractivity (Wildman–Crippen MR) is 111 cm³/mol. The van der Waals surface area contributed by atoms with Crippen molar-refractivity contribution in [3.05, 3.63) is 70.9 Å². The number of methoxy groups -OCH3 is 1. The highest BCUT2D eigenvalue weighted by molar-refractivity contribution is 5.83. The molecule has 1 atom stereocenters. The molecule has 1 aromatic heterocycles. The number of rotatable bonds is 5. The van der Waals surface area contributed by atoms with Gasteiger partial charge in [0.25, 0.3) is 0 Å². The number of oxazole rings is 1. The van der Waals surface area contributed by atoms with Gasteiger partial charge < -0.3 is 14.5 Å². The SMILES string of the molecule is COc1ccc(-c2nc(CN3CCNC(=O)[C@H]3c3ccc(F)cc3)c(C)o2)cc1C. The summed E-state index contributed by atoms with van der Waals surface area (Å²) in [7, 11) is 1.64. The average Bonchev–Trinajstić information content (AvgIpc) is 3.09. The zero-order valence-corrected chi connectivity index (χ0v) is 17.2. The van der Waals surface area contributed by atoms with Crippen LogP contribution in [-0.4, -0.2) is 36.0 Å². The van der Waals surface area contributed by atoms with Crippen LogP contribution in [0.4, 0.5) is 4.39 Å². The molecule has 7 heteroatoms. The zero-order chi connectivity index (χ0) is 21.3. The molecule has 1 saturated heterocycles. The van der Waals surface area contributed by atoms with Gasteiger partial charge in [0, 0.05) is 25.2 Å². The fourth-order valence-corrected chi connectivity index (χ4v) is 3.79. The lowest BCUT2D eigenvalue weighted by molar-refractivity contribution is -0.129. The van der Waals surface area contributed by atoms with Crippen LogP contribution in [0.25, 0.3) is 11.5 Å². The van der Waals surface area contributed by atoms with Crippen LogP contribution in [0.2, 0.25) is 0 Å². The molecule has 2 aromatic carbocycles. The third-order valence-electron chi connectivity index (χ3n) is 5.38. The van der Waals surface area contributed by atoms with Crippen LogP contribution < -0.4 is 10.1 Å². The monoisotopic (exact) mass is 409 g/mol. The zero-order valence-electron chi connectivity index (χ0n) is 17.2. The van der Waals surface area contributed by atoms with Crippen LogP contribution in [0.15, 0.2) is 46.9 Å². The molecule has 0 bridgehead atoms. The van der Waals surface area contributed by atoms with Crippen molar-refractivity contribution in [3.63, 3.8) is 0 Å². The van der Waals surface area contributed by atoms with E-state index in [-0.39, 0.29) is 11.7 Å². The van der Waals surface area contributed by atoms with E-state index in [2.05, 4.69) is 5.32 Å². The van der Waals surface area contributed by atoms with Crippen molar-refractivity contribution in [2.24, 2.45) is 0 Å².